The minimum Gasteiger partial charge on any atom is -0.508 e. The second-order valence-corrected chi connectivity index (χ2v) is 6.95. The Morgan fingerprint density at radius 3 is 2.07 bits per heavy atom. The Morgan fingerprint density at radius 1 is 0.964 bits per heavy atom. The van der Waals surface area contributed by atoms with Crippen molar-refractivity contribution in [3.05, 3.63) is 53.1 Å². The molecule has 0 unspecified atom stereocenters. The average molecular weight is 386 g/mol. The van der Waals surface area contributed by atoms with Gasteiger partial charge >= 0.3 is 0 Å². The molecule has 0 aliphatic carbocycles. The van der Waals surface area contributed by atoms with Crippen molar-refractivity contribution in [2.45, 2.75) is 20.3 Å². The van der Waals surface area contributed by atoms with E-state index in [1.807, 2.05) is 65.3 Å². The molecule has 2 aromatic carbocycles. The topological polar surface area (TPSA) is 81.1 Å². The fraction of sp³-hybridized carbons (Fsp3) is 0.364. The second kappa shape index (κ2) is 11.1. The number of phenols is 1. The van der Waals surface area contributed by atoms with Gasteiger partial charge in [-0.25, -0.2) is 0 Å². The summed E-state index contributed by atoms with van der Waals surface area (Å²) in [6.45, 7) is 5.38. The zero-order valence-corrected chi connectivity index (χ0v) is 17.3. The van der Waals surface area contributed by atoms with Crippen molar-refractivity contribution >= 4 is 12.4 Å². The van der Waals surface area contributed by atoms with Crippen LogP contribution >= 0.6 is 0 Å². The van der Waals surface area contributed by atoms with Crippen molar-refractivity contribution in [1.29, 1.82) is 0 Å². The third-order valence-electron chi connectivity index (χ3n) is 4.65. The smallest absolute Gasteiger partial charge is 0.290 e. The third kappa shape index (κ3) is 6.39. The molecule has 0 spiro atoms. The fourth-order valence-electron chi connectivity index (χ4n) is 2.86. The molecule has 6 heteroatoms. The summed E-state index contributed by atoms with van der Waals surface area (Å²) < 4.78 is 0. The summed E-state index contributed by atoms with van der Waals surface area (Å²) in [5.74, 6) is 0.358. The first-order valence-corrected chi connectivity index (χ1v) is 9.10. The normalized spacial score (nSPS) is 10.2. The minimum atomic E-state index is -0.250. The van der Waals surface area contributed by atoms with Crippen molar-refractivity contribution in [3.8, 4) is 16.9 Å². The first-order chi connectivity index (χ1) is 13.2. The van der Waals surface area contributed by atoms with Gasteiger partial charge in [-0.05, 0) is 81.4 Å². The monoisotopic (exact) mass is 386 g/mol. The van der Waals surface area contributed by atoms with Gasteiger partial charge in [-0.1, -0.05) is 18.2 Å². The minimum absolute atomic E-state index is 0.0453. The predicted molar refractivity (Wildman–Crippen MR) is 112 cm³/mol. The van der Waals surface area contributed by atoms with Crippen LogP contribution in [0.3, 0.4) is 0 Å². The number of aromatic hydroxyl groups is 1. The summed E-state index contributed by atoms with van der Waals surface area (Å²) in [6, 6.07) is 11.3. The van der Waals surface area contributed by atoms with Crippen LogP contribution in [0.15, 0.2) is 36.4 Å². The molecular weight excluding hydrogens is 356 g/mol. The number of rotatable bonds is 6. The van der Waals surface area contributed by atoms with E-state index in [1.165, 1.54) is 0 Å². The molecule has 6 nitrogen and oxygen atoms in total. The molecule has 0 saturated carbocycles. The van der Waals surface area contributed by atoms with Crippen LogP contribution in [-0.4, -0.2) is 66.6 Å². The van der Waals surface area contributed by atoms with Crippen molar-refractivity contribution in [1.82, 2.24) is 9.80 Å². The van der Waals surface area contributed by atoms with Crippen molar-refractivity contribution in [2.24, 2.45) is 0 Å². The number of carbonyl (C=O) groups is 2. The number of carboxylic acid groups (broad SMARTS) is 1. The molecule has 2 rings (SSSR count). The van der Waals surface area contributed by atoms with Crippen LogP contribution in [-0.2, 0) is 4.79 Å². The van der Waals surface area contributed by atoms with Gasteiger partial charge in [0.25, 0.3) is 12.4 Å². The number of hydrogen-bond donors (Lipinski definition) is 2. The lowest BCUT2D eigenvalue weighted by atomic mass is 9.95. The van der Waals surface area contributed by atoms with Gasteiger partial charge in [0.15, 0.2) is 0 Å². The van der Waals surface area contributed by atoms with Crippen LogP contribution in [0.4, 0.5) is 0 Å². The van der Waals surface area contributed by atoms with E-state index >= 15 is 0 Å². The largest absolute Gasteiger partial charge is 0.508 e. The van der Waals surface area contributed by atoms with E-state index in [9.17, 15) is 9.90 Å². The Kier molecular flexibility index (Phi) is 9.18. The maximum Gasteiger partial charge on any atom is 0.290 e. The van der Waals surface area contributed by atoms with E-state index in [-0.39, 0.29) is 12.4 Å². The van der Waals surface area contributed by atoms with E-state index < -0.39 is 0 Å². The van der Waals surface area contributed by atoms with Gasteiger partial charge in [0.05, 0.1) is 0 Å². The molecule has 152 valence electrons. The van der Waals surface area contributed by atoms with E-state index in [4.69, 9.17) is 9.90 Å². The number of hydrogen-bond acceptors (Lipinski definition) is 4. The van der Waals surface area contributed by atoms with Crippen LogP contribution in [0, 0.1) is 13.8 Å². The molecule has 0 atom stereocenters. The highest BCUT2D eigenvalue weighted by Crippen LogP contribution is 2.30. The maximum atomic E-state index is 12.5. The van der Waals surface area contributed by atoms with Crippen LogP contribution in [0.1, 0.15) is 27.9 Å². The maximum absolute atomic E-state index is 12.5. The van der Waals surface area contributed by atoms with Crippen molar-refractivity contribution < 1.29 is 19.8 Å². The predicted octanol–water partition coefficient (Wildman–Crippen LogP) is 3.40. The summed E-state index contributed by atoms with van der Waals surface area (Å²) in [5.41, 5.74) is 4.77. The Bertz CT molecular complexity index is 786. The zero-order chi connectivity index (χ0) is 21.3. The Balaban J connectivity index is 0.00000122. The lowest BCUT2D eigenvalue weighted by molar-refractivity contribution is -0.122. The van der Waals surface area contributed by atoms with Gasteiger partial charge < -0.3 is 20.0 Å². The standard InChI is InChI=1S/C21H28N2O2.CH2O2/c1-15-16(2)20(24)12-11-19(15)17-7-9-18(10-8-17)21(25)23(5)14-6-13-22(3)4;2-1-3/h7-12,24H,6,13-14H2,1-5H3;1H,(H,2,3). The lowest BCUT2D eigenvalue weighted by Gasteiger charge is -2.19. The van der Waals surface area contributed by atoms with Crippen LogP contribution in [0.2, 0.25) is 0 Å². The fourth-order valence-corrected chi connectivity index (χ4v) is 2.86. The molecule has 28 heavy (non-hydrogen) atoms. The molecule has 0 bridgehead atoms. The van der Waals surface area contributed by atoms with Gasteiger partial charge in [0, 0.05) is 19.2 Å². The Hall–Kier alpha value is -2.86. The van der Waals surface area contributed by atoms with Crippen LogP contribution in [0.5, 0.6) is 5.75 Å². The van der Waals surface area contributed by atoms with Gasteiger partial charge in [0.1, 0.15) is 5.75 Å². The lowest BCUT2D eigenvalue weighted by Crippen LogP contribution is -2.29. The summed E-state index contributed by atoms with van der Waals surface area (Å²) in [4.78, 5) is 24.8. The molecule has 0 aliphatic heterocycles. The van der Waals surface area contributed by atoms with E-state index in [1.54, 1.807) is 11.0 Å². The molecule has 2 N–H and O–H groups in total. The Labute approximate surface area is 167 Å². The summed E-state index contributed by atoms with van der Waals surface area (Å²) in [7, 11) is 5.92. The molecule has 0 fully saturated rings. The number of phenolic OH excluding ortho intramolecular Hbond substituents is 1. The van der Waals surface area contributed by atoms with Gasteiger partial charge in [-0.2, -0.15) is 0 Å². The summed E-state index contributed by atoms with van der Waals surface area (Å²) in [5, 5.41) is 16.7. The van der Waals surface area contributed by atoms with Gasteiger partial charge in [-0.3, -0.25) is 9.59 Å². The number of nitrogens with zero attached hydrogens (tertiary/aromatic N) is 2. The molecular formula is C22H30N2O4. The van der Waals surface area contributed by atoms with E-state index in [0.717, 1.165) is 41.8 Å². The molecule has 0 saturated heterocycles. The zero-order valence-electron chi connectivity index (χ0n) is 17.3. The Morgan fingerprint density at radius 2 is 1.54 bits per heavy atom. The second-order valence-electron chi connectivity index (χ2n) is 6.95. The number of amides is 1. The van der Waals surface area contributed by atoms with Crippen LogP contribution < -0.4 is 0 Å². The highest BCUT2D eigenvalue weighted by atomic mass is 16.3. The first kappa shape index (κ1) is 23.2. The molecule has 0 heterocycles. The van der Waals surface area contributed by atoms with Crippen molar-refractivity contribution in [3.63, 3.8) is 0 Å². The molecule has 0 aromatic heterocycles. The molecule has 0 radical (unpaired) electrons. The van der Waals surface area contributed by atoms with Crippen molar-refractivity contribution in [2.75, 3.05) is 34.2 Å². The summed E-state index contributed by atoms with van der Waals surface area (Å²) >= 11 is 0. The average Bonchev–Trinajstić information content (AvgIpc) is 2.66. The third-order valence-corrected chi connectivity index (χ3v) is 4.65. The van der Waals surface area contributed by atoms with Gasteiger partial charge in [-0.15, -0.1) is 0 Å². The number of benzene rings is 2. The first-order valence-electron chi connectivity index (χ1n) is 9.10. The van der Waals surface area contributed by atoms with Crippen LogP contribution in [0.25, 0.3) is 11.1 Å². The summed E-state index contributed by atoms with van der Waals surface area (Å²) in [6.07, 6.45) is 0.958. The van der Waals surface area contributed by atoms with E-state index in [0.29, 0.717) is 11.3 Å². The number of carbonyl (C=O) groups excluding carboxylic acids is 1. The molecule has 0 aliphatic rings. The quantitative estimate of drug-likeness (QED) is 0.744. The van der Waals surface area contributed by atoms with Gasteiger partial charge in [0.2, 0.25) is 0 Å². The molecule has 1 amide bonds. The molecule has 2 aromatic rings. The highest BCUT2D eigenvalue weighted by molar-refractivity contribution is 5.94. The SMILES string of the molecule is Cc1c(O)ccc(-c2ccc(C(=O)N(C)CCCN(C)C)cc2)c1C.O=CO. The highest BCUT2D eigenvalue weighted by Gasteiger charge is 2.13. The van der Waals surface area contributed by atoms with E-state index in [2.05, 4.69) is 4.90 Å².